The van der Waals surface area contributed by atoms with Gasteiger partial charge in [0.05, 0.1) is 11.3 Å². The van der Waals surface area contributed by atoms with Crippen LogP contribution in [0.1, 0.15) is 18.1 Å². The van der Waals surface area contributed by atoms with Gasteiger partial charge in [0.25, 0.3) is 0 Å². The van der Waals surface area contributed by atoms with E-state index in [-0.39, 0.29) is 22.1 Å². The molecule has 0 aromatic heterocycles. The fourth-order valence-electron chi connectivity index (χ4n) is 1.16. The summed E-state index contributed by atoms with van der Waals surface area (Å²) in [5.74, 6) is 5.40. The van der Waals surface area contributed by atoms with Gasteiger partial charge >= 0.3 is 6.18 Å². The molecule has 0 radical (unpaired) electrons. The number of hydrogen-bond acceptors (Lipinski definition) is 3. The predicted molar refractivity (Wildman–Crippen MR) is 65.9 cm³/mol. The van der Waals surface area contributed by atoms with Gasteiger partial charge in [-0.2, -0.15) is 13.2 Å². The maximum absolute atomic E-state index is 12.5. The first-order valence-corrected chi connectivity index (χ1v) is 5.87. The second kappa shape index (κ2) is 5.83. The highest BCUT2D eigenvalue weighted by molar-refractivity contribution is 8.13. The molecule has 0 heterocycles. The minimum Gasteiger partial charge on any atom is -0.399 e. The van der Waals surface area contributed by atoms with Crippen LogP contribution in [0.25, 0.3) is 0 Å². The molecular weight excluding hydrogens is 263 g/mol. The number of hydrogen-bond donors (Lipinski definition) is 1. The lowest BCUT2D eigenvalue weighted by molar-refractivity contribution is -0.137. The van der Waals surface area contributed by atoms with Crippen LogP contribution >= 0.6 is 11.8 Å². The van der Waals surface area contributed by atoms with Crippen LogP contribution in [0.2, 0.25) is 0 Å². The van der Waals surface area contributed by atoms with E-state index >= 15 is 0 Å². The Morgan fingerprint density at radius 1 is 1.39 bits per heavy atom. The molecule has 0 unspecified atom stereocenters. The third-order valence-corrected chi connectivity index (χ3v) is 2.56. The average molecular weight is 273 g/mol. The molecule has 18 heavy (non-hydrogen) atoms. The summed E-state index contributed by atoms with van der Waals surface area (Å²) in [6.45, 7) is 1.40. The van der Waals surface area contributed by atoms with Gasteiger partial charge in [-0.1, -0.05) is 23.6 Å². The van der Waals surface area contributed by atoms with Crippen molar-refractivity contribution in [2.75, 3.05) is 11.5 Å². The van der Waals surface area contributed by atoms with E-state index in [0.29, 0.717) is 0 Å². The first-order chi connectivity index (χ1) is 8.29. The first-order valence-electron chi connectivity index (χ1n) is 4.89. The summed E-state index contributed by atoms with van der Waals surface area (Å²) in [4.78, 5) is 10.6. The molecule has 2 nitrogen and oxygen atoms in total. The molecule has 0 fully saturated rings. The van der Waals surface area contributed by atoms with E-state index in [0.717, 1.165) is 23.9 Å². The smallest absolute Gasteiger partial charge is 0.399 e. The molecule has 0 spiro atoms. The molecule has 0 aliphatic rings. The van der Waals surface area contributed by atoms with E-state index in [4.69, 9.17) is 5.73 Å². The first kappa shape index (κ1) is 14.5. The predicted octanol–water partition coefficient (Wildman–Crippen LogP) is 2.92. The number of carbonyl (C=O) groups excluding carboxylic acids is 1. The van der Waals surface area contributed by atoms with E-state index in [2.05, 4.69) is 11.8 Å². The van der Waals surface area contributed by atoms with E-state index < -0.39 is 11.7 Å². The van der Waals surface area contributed by atoms with Crippen molar-refractivity contribution in [3.05, 3.63) is 29.3 Å². The number of nitrogen functional groups attached to an aromatic ring is 1. The Balaban J connectivity index is 2.90. The third kappa shape index (κ3) is 4.72. The van der Waals surface area contributed by atoms with E-state index in [1.54, 1.807) is 0 Å². The Kier molecular flexibility index (Phi) is 4.68. The molecular formula is C12H10F3NOS. The van der Waals surface area contributed by atoms with Crippen LogP contribution < -0.4 is 5.73 Å². The van der Waals surface area contributed by atoms with Crippen LogP contribution in [0.4, 0.5) is 18.9 Å². The summed E-state index contributed by atoms with van der Waals surface area (Å²) in [6, 6.07) is 3.15. The quantitative estimate of drug-likeness (QED) is 0.632. The van der Waals surface area contributed by atoms with Gasteiger partial charge in [-0.15, -0.1) is 0 Å². The molecule has 0 saturated heterocycles. The SMILES string of the molecule is CC(=O)SCC#Cc1cc(N)cc(C(F)(F)F)c1. The van der Waals surface area contributed by atoms with Crippen LogP contribution in [0.5, 0.6) is 0 Å². The normalized spacial score (nSPS) is 10.7. The van der Waals surface area contributed by atoms with Crippen LogP contribution in [-0.2, 0) is 11.0 Å². The van der Waals surface area contributed by atoms with Gasteiger partial charge in [0, 0.05) is 18.2 Å². The highest BCUT2D eigenvalue weighted by Crippen LogP contribution is 2.31. The summed E-state index contributed by atoms with van der Waals surface area (Å²) >= 11 is 0.998. The molecule has 1 rings (SSSR count). The average Bonchev–Trinajstić information content (AvgIpc) is 2.22. The molecule has 0 aliphatic carbocycles. The van der Waals surface area contributed by atoms with Crippen LogP contribution in [0.15, 0.2) is 18.2 Å². The second-order valence-electron chi connectivity index (χ2n) is 3.42. The van der Waals surface area contributed by atoms with E-state index in [1.807, 2.05) is 0 Å². The van der Waals surface area contributed by atoms with Crippen molar-refractivity contribution in [2.24, 2.45) is 0 Å². The zero-order chi connectivity index (χ0) is 13.8. The van der Waals surface area contributed by atoms with Gasteiger partial charge in [0.2, 0.25) is 0 Å². The Bertz CT molecular complexity index is 514. The van der Waals surface area contributed by atoms with Crippen molar-refractivity contribution < 1.29 is 18.0 Å². The summed E-state index contributed by atoms with van der Waals surface area (Å²) in [7, 11) is 0. The number of nitrogens with two attached hydrogens (primary N) is 1. The second-order valence-corrected chi connectivity index (χ2v) is 4.58. The monoisotopic (exact) mass is 273 g/mol. The number of benzene rings is 1. The van der Waals surface area contributed by atoms with Crippen molar-refractivity contribution in [3.63, 3.8) is 0 Å². The van der Waals surface area contributed by atoms with Gasteiger partial charge in [-0.25, -0.2) is 0 Å². The van der Waals surface area contributed by atoms with E-state index in [9.17, 15) is 18.0 Å². The summed E-state index contributed by atoms with van der Waals surface area (Å²) in [5.41, 5.74) is 4.75. The molecule has 6 heteroatoms. The van der Waals surface area contributed by atoms with E-state index in [1.165, 1.54) is 13.0 Å². The number of halogens is 3. The van der Waals surface area contributed by atoms with Gasteiger partial charge in [0.1, 0.15) is 0 Å². The summed E-state index contributed by atoms with van der Waals surface area (Å²) in [6.07, 6.45) is -4.44. The standard InChI is InChI=1S/C12H10F3NOS/c1-8(17)18-4-2-3-9-5-10(12(13,14)15)7-11(16)6-9/h5-7H,4,16H2,1H3. The molecule has 0 aliphatic heterocycles. The lowest BCUT2D eigenvalue weighted by Crippen LogP contribution is -2.06. The van der Waals surface area contributed by atoms with Crippen molar-refractivity contribution in [3.8, 4) is 11.8 Å². The van der Waals surface area contributed by atoms with Crippen LogP contribution in [0.3, 0.4) is 0 Å². The molecule has 0 saturated carbocycles. The minimum absolute atomic E-state index is 0.00773. The number of alkyl halides is 3. The molecule has 0 amide bonds. The number of thioether (sulfide) groups is 1. The Morgan fingerprint density at radius 3 is 2.61 bits per heavy atom. The molecule has 96 valence electrons. The Hall–Kier alpha value is -1.61. The van der Waals surface area contributed by atoms with Crippen molar-refractivity contribution in [1.82, 2.24) is 0 Å². The largest absolute Gasteiger partial charge is 0.416 e. The maximum atomic E-state index is 12.5. The van der Waals surface area contributed by atoms with Gasteiger partial charge < -0.3 is 5.73 Å². The summed E-state index contributed by atoms with van der Waals surface area (Å²) in [5, 5.41) is -0.0899. The lowest BCUT2D eigenvalue weighted by atomic mass is 10.1. The molecule has 1 aromatic rings. The van der Waals surface area contributed by atoms with Gasteiger partial charge in [-0.3, -0.25) is 4.79 Å². The van der Waals surface area contributed by atoms with Gasteiger partial charge in [-0.05, 0) is 18.2 Å². The van der Waals surface area contributed by atoms with Crippen molar-refractivity contribution in [2.45, 2.75) is 13.1 Å². The number of rotatable bonds is 1. The topological polar surface area (TPSA) is 43.1 Å². The summed E-state index contributed by atoms with van der Waals surface area (Å²) < 4.78 is 37.5. The highest BCUT2D eigenvalue weighted by Gasteiger charge is 2.30. The third-order valence-electron chi connectivity index (χ3n) is 1.86. The molecule has 0 atom stereocenters. The lowest BCUT2D eigenvalue weighted by Gasteiger charge is -2.07. The zero-order valence-electron chi connectivity index (χ0n) is 9.47. The Morgan fingerprint density at radius 2 is 2.06 bits per heavy atom. The zero-order valence-corrected chi connectivity index (χ0v) is 10.3. The Labute approximate surface area is 107 Å². The molecule has 1 aromatic carbocycles. The number of anilines is 1. The number of carbonyl (C=O) groups is 1. The van der Waals surface area contributed by atoms with Crippen molar-refractivity contribution in [1.29, 1.82) is 0 Å². The van der Waals surface area contributed by atoms with Crippen molar-refractivity contribution >= 4 is 22.6 Å². The minimum atomic E-state index is -4.44. The van der Waals surface area contributed by atoms with Crippen LogP contribution in [-0.4, -0.2) is 10.9 Å². The fraction of sp³-hybridized carbons (Fsp3) is 0.250. The van der Waals surface area contributed by atoms with Crippen LogP contribution in [0, 0.1) is 11.8 Å². The van der Waals surface area contributed by atoms with Gasteiger partial charge in [0.15, 0.2) is 5.12 Å². The molecule has 0 bridgehead atoms. The fourth-order valence-corrected chi connectivity index (χ4v) is 1.51. The molecule has 2 N–H and O–H groups in total. The maximum Gasteiger partial charge on any atom is 0.416 e. The highest BCUT2D eigenvalue weighted by atomic mass is 32.2.